The summed E-state index contributed by atoms with van der Waals surface area (Å²) >= 11 is 4.45. The van der Waals surface area contributed by atoms with Crippen LogP contribution in [0.1, 0.15) is 5.56 Å². The van der Waals surface area contributed by atoms with Crippen molar-refractivity contribution in [2.24, 2.45) is 0 Å². The fourth-order valence-electron chi connectivity index (χ4n) is 1.62. The van der Waals surface area contributed by atoms with E-state index in [1.54, 1.807) is 24.3 Å². The van der Waals surface area contributed by atoms with Gasteiger partial charge in [-0.2, -0.15) is 5.26 Å². The Morgan fingerprint density at radius 1 is 1.14 bits per heavy atom. The van der Waals surface area contributed by atoms with Crippen molar-refractivity contribution in [2.45, 2.75) is 11.4 Å². The van der Waals surface area contributed by atoms with Gasteiger partial charge >= 0.3 is 6.03 Å². The van der Waals surface area contributed by atoms with Crippen molar-refractivity contribution in [1.82, 2.24) is 5.32 Å². The van der Waals surface area contributed by atoms with Gasteiger partial charge in [0.25, 0.3) is 0 Å². The predicted octanol–water partition coefficient (Wildman–Crippen LogP) is 4.34. The van der Waals surface area contributed by atoms with Crippen LogP contribution in [-0.2, 0) is 6.54 Å². The van der Waals surface area contributed by atoms with Crippen molar-refractivity contribution >= 4 is 39.4 Å². The second kappa shape index (κ2) is 7.72. The van der Waals surface area contributed by atoms with Crippen LogP contribution in [0.4, 0.5) is 10.5 Å². The van der Waals surface area contributed by atoms with Crippen molar-refractivity contribution < 1.29 is 4.79 Å². The Hall–Kier alpha value is -1.97. The molecule has 0 saturated heterocycles. The van der Waals surface area contributed by atoms with Crippen molar-refractivity contribution in [2.75, 3.05) is 5.32 Å². The monoisotopic (exact) mass is 361 g/mol. The maximum Gasteiger partial charge on any atom is 0.319 e. The lowest BCUT2D eigenvalue weighted by Crippen LogP contribution is -2.28. The average Bonchev–Trinajstić information content (AvgIpc) is 2.49. The second-order valence-electron chi connectivity index (χ2n) is 4.15. The number of rotatable bonds is 4. The third-order valence-corrected chi connectivity index (χ3v) is 3.77. The van der Waals surface area contributed by atoms with E-state index in [2.05, 4.69) is 26.6 Å². The standard InChI is InChI=1S/C15H12BrN3OS/c16-12-3-1-11(2-4-12)9-18-15(20)19-13-5-7-14(8-6-13)21-10-17/h1-8H,9H2,(H2,18,19,20). The number of benzene rings is 2. The normalized spacial score (nSPS) is 9.71. The smallest absolute Gasteiger partial charge is 0.319 e. The summed E-state index contributed by atoms with van der Waals surface area (Å²) in [5.41, 5.74) is 1.71. The number of carbonyl (C=O) groups is 1. The average molecular weight is 362 g/mol. The lowest BCUT2D eigenvalue weighted by atomic mass is 10.2. The molecule has 0 aromatic heterocycles. The molecule has 2 amide bonds. The topological polar surface area (TPSA) is 64.9 Å². The summed E-state index contributed by atoms with van der Waals surface area (Å²) in [5, 5.41) is 16.1. The Bertz CT molecular complexity index is 650. The van der Waals surface area contributed by atoms with E-state index < -0.39 is 0 Å². The molecule has 0 unspecified atom stereocenters. The van der Waals surface area contributed by atoms with Gasteiger partial charge in [0.05, 0.1) is 0 Å². The molecule has 0 aliphatic heterocycles. The molecule has 21 heavy (non-hydrogen) atoms. The molecule has 0 bridgehead atoms. The summed E-state index contributed by atoms with van der Waals surface area (Å²) < 4.78 is 1.01. The first kappa shape index (κ1) is 15.4. The molecular formula is C15H12BrN3OS. The first-order valence-electron chi connectivity index (χ1n) is 6.12. The van der Waals surface area contributed by atoms with Gasteiger partial charge in [-0.15, -0.1) is 0 Å². The highest BCUT2D eigenvalue weighted by Gasteiger charge is 2.02. The molecule has 106 valence electrons. The number of hydrogen-bond acceptors (Lipinski definition) is 3. The fourth-order valence-corrected chi connectivity index (χ4v) is 2.26. The van der Waals surface area contributed by atoms with Crippen molar-refractivity contribution in [1.29, 1.82) is 5.26 Å². The molecule has 0 saturated carbocycles. The van der Waals surface area contributed by atoms with Crippen LogP contribution in [0, 0.1) is 10.7 Å². The summed E-state index contributed by atoms with van der Waals surface area (Å²) in [4.78, 5) is 12.6. The van der Waals surface area contributed by atoms with E-state index in [1.807, 2.05) is 29.7 Å². The number of anilines is 1. The quantitative estimate of drug-likeness (QED) is 0.628. The molecule has 0 atom stereocenters. The van der Waals surface area contributed by atoms with E-state index in [1.165, 1.54) is 0 Å². The highest BCUT2D eigenvalue weighted by Crippen LogP contribution is 2.18. The summed E-state index contributed by atoms with van der Waals surface area (Å²) in [7, 11) is 0. The van der Waals surface area contributed by atoms with Gasteiger partial charge in [-0.3, -0.25) is 0 Å². The van der Waals surface area contributed by atoms with Gasteiger partial charge in [0, 0.05) is 21.6 Å². The third kappa shape index (κ3) is 5.14. The van der Waals surface area contributed by atoms with Gasteiger partial charge in [-0.1, -0.05) is 28.1 Å². The van der Waals surface area contributed by atoms with Crippen LogP contribution in [-0.4, -0.2) is 6.03 Å². The highest BCUT2D eigenvalue weighted by atomic mass is 79.9. The van der Waals surface area contributed by atoms with Crippen LogP contribution in [0.25, 0.3) is 0 Å². The number of carbonyl (C=O) groups excluding carboxylic acids is 1. The molecule has 6 heteroatoms. The molecule has 2 aromatic rings. The van der Waals surface area contributed by atoms with Crippen molar-refractivity contribution in [3.8, 4) is 5.40 Å². The Kier molecular flexibility index (Phi) is 5.67. The van der Waals surface area contributed by atoms with Gasteiger partial charge in [-0.05, 0) is 53.7 Å². The van der Waals surface area contributed by atoms with Crippen LogP contribution < -0.4 is 10.6 Å². The number of thiocyanates is 1. The fraction of sp³-hybridized carbons (Fsp3) is 0.0667. The zero-order valence-corrected chi connectivity index (χ0v) is 13.4. The zero-order chi connectivity index (χ0) is 15.1. The van der Waals surface area contributed by atoms with E-state index in [9.17, 15) is 4.79 Å². The van der Waals surface area contributed by atoms with Gasteiger partial charge in [0.2, 0.25) is 0 Å². The molecule has 0 spiro atoms. The number of halogens is 1. The van der Waals surface area contributed by atoms with Gasteiger partial charge in [-0.25, -0.2) is 4.79 Å². The Labute approximate surface area is 135 Å². The number of nitrogens with one attached hydrogen (secondary N) is 2. The first-order valence-corrected chi connectivity index (χ1v) is 7.73. The van der Waals surface area contributed by atoms with Gasteiger partial charge in [0.1, 0.15) is 5.40 Å². The SMILES string of the molecule is N#CSc1ccc(NC(=O)NCc2ccc(Br)cc2)cc1. The minimum atomic E-state index is -0.265. The van der Waals surface area contributed by atoms with E-state index >= 15 is 0 Å². The Morgan fingerprint density at radius 2 is 1.81 bits per heavy atom. The van der Waals surface area contributed by atoms with Crippen LogP contribution in [0.15, 0.2) is 57.9 Å². The van der Waals surface area contributed by atoms with Crippen molar-refractivity contribution in [3.05, 3.63) is 58.6 Å². The number of amides is 2. The minimum absolute atomic E-state index is 0.265. The summed E-state index contributed by atoms with van der Waals surface area (Å²) in [6.07, 6.45) is 0. The molecule has 0 aliphatic carbocycles. The number of nitrogens with zero attached hydrogens (tertiary/aromatic N) is 1. The third-order valence-electron chi connectivity index (χ3n) is 2.64. The Morgan fingerprint density at radius 3 is 2.43 bits per heavy atom. The number of thioether (sulfide) groups is 1. The second-order valence-corrected chi connectivity index (χ2v) is 5.93. The Balaban J connectivity index is 1.84. The van der Waals surface area contributed by atoms with E-state index in [-0.39, 0.29) is 6.03 Å². The van der Waals surface area contributed by atoms with E-state index in [4.69, 9.17) is 5.26 Å². The highest BCUT2D eigenvalue weighted by molar-refractivity contribution is 9.10. The van der Waals surface area contributed by atoms with Gasteiger partial charge in [0.15, 0.2) is 0 Å². The first-order chi connectivity index (χ1) is 10.2. The van der Waals surface area contributed by atoms with Crippen LogP contribution in [0.3, 0.4) is 0 Å². The van der Waals surface area contributed by atoms with Crippen LogP contribution in [0.5, 0.6) is 0 Å². The largest absolute Gasteiger partial charge is 0.334 e. The van der Waals surface area contributed by atoms with E-state index in [0.717, 1.165) is 26.7 Å². The zero-order valence-electron chi connectivity index (χ0n) is 11.0. The molecule has 2 aromatic carbocycles. The predicted molar refractivity (Wildman–Crippen MR) is 87.9 cm³/mol. The molecule has 4 nitrogen and oxygen atoms in total. The summed E-state index contributed by atoms with van der Waals surface area (Å²) in [6, 6.07) is 14.6. The van der Waals surface area contributed by atoms with Crippen LogP contribution in [0.2, 0.25) is 0 Å². The molecule has 2 N–H and O–H groups in total. The van der Waals surface area contributed by atoms with Crippen LogP contribution >= 0.6 is 27.7 Å². The molecule has 0 heterocycles. The van der Waals surface area contributed by atoms with E-state index in [0.29, 0.717) is 12.2 Å². The minimum Gasteiger partial charge on any atom is -0.334 e. The molecule has 0 radical (unpaired) electrons. The molecule has 0 fully saturated rings. The summed E-state index contributed by atoms with van der Waals surface area (Å²) in [6.45, 7) is 0.460. The lowest BCUT2D eigenvalue weighted by Gasteiger charge is -2.08. The molecule has 2 rings (SSSR count). The lowest BCUT2D eigenvalue weighted by molar-refractivity contribution is 0.251. The number of hydrogen-bond donors (Lipinski definition) is 2. The molecule has 0 aliphatic rings. The number of urea groups is 1. The maximum atomic E-state index is 11.8. The maximum absolute atomic E-state index is 11.8. The van der Waals surface area contributed by atoms with Crippen molar-refractivity contribution in [3.63, 3.8) is 0 Å². The molecular weight excluding hydrogens is 350 g/mol. The number of nitriles is 1. The summed E-state index contributed by atoms with van der Waals surface area (Å²) in [5.74, 6) is 0. The van der Waals surface area contributed by atoms with Gasteiger partial charge < -0.3 is 10.6 Å².